The average molecular weight is 292 g/mol. The Labute approximate surface area is 127 Å². The van der Waals surface area contributed by atoms with Crippen molar-refractivity contribution in [3.05, 3.63) is 17.5 Å². The molecule has 3 heterocycles. The summed E-state index contributed by atoms with van der Waals surface area (Å²) in [7, 11) is 2.29. The van der Waals surface area contributed by atoms with Crippen LogP contribution in [0.1, 0.15) is 37.6 Å². The van der Waals surface area contributed by atoms with Gasteiger partial charge in [0.05, 0.1) is 12.2 Å². The second-order valence-electron chi connectivity index (χ2n) is 6.54. The van der Waals surface area contributed by atoms with E-state index in [-0.39, 0.29) is 0 Å². The molecule has 0 radical (unpaired) electrons. The summed E-state index contributed by atoms with van der Waals surface area (Å²) >= 11 is 0. The maximum Gasteiger partial charge on any atom is 0.151 e. The Hall–Kier alpha value is -0.910. The number of hydrogen-bond acceptors (Lipinski definition) is 5. The van der Waals surface area contributed by atoms with Gasteiger partial charge in [-0.25, -0.2) is 0 Å². The Balaban J connectivity index is 1.53. The number of likely N-dealkylation sites (tertiary alicyclic amines) is 2. The smallest absolute Gasteiger partial charge is 0.151 e. The quantitative estimate of drug-likeness (QED) is 0.895. The van der Waals surface area contributed by atoms with Gasteiger partial charge in [-0.1, -0.05) is 12.1 Å². The van der Waals surface area contributed by atoms with Crippen LogP contribution < -0.4 is 5.32 Å². The summed E-state index contributed by atoms with van der Waals surface area (Å²) in [4.78, 5) is 5.10. The third-order valence-electron chi connectivity index (χ3n) is 4.97. The van der Waals surface area contributed by atoms with Gasteiger partial charge in [-0.2, -0.15) is 0 Å². The minimum absolute atomic E-state index is 0.800. The molecular formula is C16H28N4O. The molecule has 118 valence electrons. The zero-order valence-electron chi connectivity index (χ0n) is 13.3. The van der Waals surface area contributed by atoms with E-state index in [1.807, 2.05) is 0 Å². The SMILES string of the molecule is CCNCc1cc(CN2CCC3C(CCCN3C)C2)on1. The summed E-state index contributed by atoms with van der Waals surface area (Å²) in [5.74, 6) is 1.84. The maximum absolute atomic E-state index is 5.48. The Morgan fingerprint density at radius 3 is 3.14 bits per heavy atom. The molecule has 5 heteroatoms. The molecule has 2 unspecified atom stereocenters. The Kier molecular flexibility index (Phi) is 4.93. The summed E-state index contributed by atoms with van der Waals surface area (Å²) < 4.78 is 5.48. The van der Waals surface area contributed by atoms with E-state index in [1.54, 1.807) is 0 Å². The number of piperidine rings is 2. The highest BCUT2D eigenvalue weighted by Gasteiger charge is 2.34. The number of hydrogen-bond donors (Lipinski definition) is 1. The molecular weight excluding hydrogens is 264 g/mol. The molecule has 1 N–H and O–H groups in total. The number of nitrogens with zero attached hydrogens (tertiary/aromatic N) is 3. The number of rotatable bonds is 5. The molecule has 2 aliphatic heterocycles. The van der Waals surface area contributed by atoms with Gasteiger partial charge in [0.2, 0.25) is 0 Å². The Morgan fingerprint density at radius 2 is 2.29 bits per heavy atom. The lowest BCUT2D eigenvalue weighted by molar-refractivity contribution is 0.0322. The Bertz CT molecular complexity index is 447. The summed E-state index contributed by atoms with van der Waals surface area (Å²) in [5, 5.41) is 7.42. The summed E-state index contributed by atoms with van der Waals surface area (Å²) in [6.45, 7) is 8.43. The van der Waals surface area contributed by atoms with E-state index in [4.69, 9.17) is 4.52 Å². The van der Waals surface area contributed by atoms with Crippen LogP contribution in [-0.2, 0) is 13.1 Å². The molecule has 0 aliphatic carbocycles. The van der Waals surface area contributed by atoms with Crippen LogP contribution in [0.2, 0.25) is 0 Å². The monoisotopic (exact) mass is 292 g/mol. The molecule has 1 aromatic heterocycles. The van der Waals surface area contributed by atoms with Crippen LogP contribution in [0.4, 0.5) is 0 Å². The molecule has 0 saturated carbocycles. The van der Waals surface area contributed by atoms with Crippen molar-refractivity contribution in [2.24, 2.45) is 5.92 Å². The molecule has 0 amide bonds. The average Bonchev–Trinajstić information content (AvgIpc) is 2.93. The fourth-order valence-electron chi connectivity index (χ4n) is 3.86. The normalized spacial score (nSPS) is 27.7. The standard InChI is InChI=1S/C16H28N4O/c1-3-17-10-14-9-15(21-18-14)12-20-8-6-16-13(11-20)5-4-7-19(16)2/h9,13,16-17H,3-8,10-12H2,1-2H3. The second-order valence-corrected chi connectivity index (χ2v) is 6.54. The zero-order valence-corrected chi connectivity index (χ0v) is 13.3. The van der Waals surface area contributed by atoms with Crippen LogP contribution in [0.3, 0.4) is 0 Å². The molecule has 21 heavy (non-hydrogen) atoms. The highest BCUT2D eigenvalue weighted by molar-refractivity contribution is 5.05. The van der Waals surface area contributed by atoms with Crippen molar-refractivity contribution < 1.29 is 4.52 Å². The third kappa shape index (κ3) is 3.65. The van der Waals surface area contributed by atoms with Gasteiger partial charge in [0.1, 0.15) is 0 Å². The molecule has 5 nitrogen and oxygen atoms in total. The molecule has 1 aromatic rings. The van der Waals surface area contributed by atoms with Crippen molar-refractivity contribution in [3.63, 3.8) is 0 Å². The number of fused-ring (bicyclic) bond motifs is 1. The van der Waals surface area contributed by atoms with Gasteiger partial charge in [-0.15, -0.1) is 0 Å². The molecule has 2 saturated heterocycles. The number of aromatic nitrogens is 1. The van der Waals surface area contributed by atoms with Gasteiger partial charge in [-0.05, 0) is 45.3 Å². The van der Waals surface area contributed by atoms with E-state index in [0.717, 1.165) is 43.0 Å². The lowest BCUT2D eigenvalue weighted by Crippen LogP contribution is -2.52. The van der Waals surface area contributed by atoms with Crippen LogP contribution >= 0.6 is 0 Å². The fraction of sp³-hybridized carbons (Fsp3) is 0.812. The molecule has 3 rings (SSSR count). The predicted octanol–water partition coefficient (Wildman–Crippen LogP) is 1.70. The van der Waals surface area contributed by atoms with Crippen LogP contribution in [0.15, 0.2) is 10.6 Å². The van der Waals surface area contributed by atoms with Crippen molar-refractivity contribution >= 4 is 0 Å². The predicted molar refractivity (Wildman–Crippen MR) is 82.9 cm³/mol. The minimum atomic E-state index is 0.800. The highest BCUT2D eigenvalue weighted by Crippen LogP contribution is 2.30. The molecule has 0 bridgehead atoms. The van der Waals surface area contributed by atoms with Gasteiger partial charge >= 0.3 is 0 Å². The van der Waals surface area contributed by atoms with E-state index in [1.165, 1.54) is 38.9 Å². The molecule has 2 fully saturated rings. The van der Waals surface area contributed by atoms with Crippen LogP contribution in [0, 0.1) is 5.92 Å². The van der Waals surface area contributed by atoms with Crippen molar-refractivity contribution in [1.82, 2.24) is 20.3 Å². The minimum Gasteiger partial charge on any atom is -0.360 e. The van der Waals surface area contributed by atoms with E-state index in [9.17, 15) is 0 Å². The number of nitrogens with one attached hydrogen (secondary N) is 1. The van der Waals surface area contributed by atoms with E-state index < -0.39 is 0 Å². The van der Waals surface area contributed by atoms with E-state index in [0.29, 0.717) is 0 Å². The topological polar surface area (TPSA) is 44.5 Å². The third-order valence-corrected chi connectivity index (χ3v) is 4.97. The van der Waals surface area contributed by atoms with Gasteiger partial charge in [0.25, 0.3) is 0 Å². The first-order valence-corrected chi connectivity index (χ1v) is 8.34. The van der Waals surface area contributed by atoms with Crippen LogP contribution in [-0.4, -0.2) is 54.2 Å². The first-order valence-electron chi connectivity index (χ1n) is 8.34. The summed E-state index contributed by atoms with van der Waals surface area (Å²) in [5.41, 5.74) is 1.01. The molecule has 0 aromatic carbocycles. The van der Waals surface area contributed by atoms with Gasteiger partial charge < -0.3 is 14.7 Å². The lowest BCUT2D eigenvalue weighted by atomic mass is 9.84. The lowest BCUT2D eigenvalue weighted by Gasteiger charge is -2.45. The van der Waals surface area contributed by atoms with Crippen molar-refractivity contribution in [1.29, 1.82) is 0 Å². The maximum atomic E-state index is 5.48. The molecule has 0 spiro atoms. The summed E-state index contributed by atoms with van der Waals surface area (Å²) in [6.07, 6.45) is 4.02. The highest BCUT2D eigenvalue weighted by atomic mass is 16.5. The fourth-order valence-corrected chi connectivity index (χ4v) is 3.86. The van der Waals surface area contributed by atoms with E-state index >= 15 is 0 Å². The van der Waals surface area contributed by atoms with Crippen molar-refractivity contribution in [2.75, 3.05) is 33.2 Å². The Morgan fingerprint density at radius 1 is 1.38 bits per heavy atom. The molecule has 2 aliphatic rings. The van der Waals surface area contributed by atoms with Gasteiger partial charge in [0.15, 0.2) is 5.76 Å². The first-order chi connectivity index (χ1) is 10.3. The van der Waals surface area contributed by atoms with Crippen molar-refractivity contribution in [3.8, 4) is 0 Å². The zero-order chi connectivity index (χ0) is 14.7. The first kappa shape index (κ1) is 15.0. The van der Waals surface area contributed by atoms with Gasteiger partial charge in [0, 0.05) is 31.7 Å². The van der Waals surface area contributed by atoms with Crippen molar-refractivity contribution in [2.45, 2.75) is 45.3 Å². The van der Waals surface area contributed by atoms with Gasteiger partial charge in [-0.3, -0.25) is 4.90 Å². The summed E-state index contributed by atoms with van der Waals surface area (Å²) in [6, 6.07) is 2.90. The molecule has 2 atom stereocenters. The van der Waals surface area contributed by atoms with Crippen LogP contribution in [0.25, 0.3) is 0 Å². The largest absolute Gasteiger partial charge is 0.360 e. The second kappa shape index (κ2) is 6.90. The van der Waals surface area contributed by atoms with Crippen LogP contribution in [0.5, 0.6) is 0 Å². The van der Waals surface area contributed by atoms with E-state index in [2.05, 4.69) is 40.3 Å².